The van der Waals surface area contributed by atoms with Crippen LogP contribution in [0.3, 0.4) is 0 Å². The highest BCUT2D eigenvalue weighted by Gasteiger charge is 2.22. The summed E-state index contributed by atoms with van der Waals surface area (Å²) in [4.78, 5) is -0.403. The topological polar surface area (TPSA) is 85.0 Å². The molecule has 4 rings (SSSR count). The molecule has 1 heterocycles. The van der Waals surface area contributed by atoms with Crippen LogP contribution < -0.4 is 4.74 Å². The molecule has 1 aromatic heterocycles. The zero-order chi connectivity index (χ0) is 25.0. The molecular weight excluding hydrogens is 482 g/mol. The minimum absolute atomic E-state index is 0.0105. The largest absolute Gasteiger partial charge is 0.494 e. The zero-order valence-corrected chi connectivity index (χ0v) is 20.7. The van der Waals surface area contributed by atoms with Crippen molar-refractivity contribution in [2.45, 2.75) is 18.7 Å². The Kier molecular flexibility index (Phi) is 7.06. The van der Waals surface area contributed by atoms with Gasteiger partial charge in [-0.05, 0) is 80.1 Å². The lowest BCUT2D eigenvalue weighted by atomic mass is 10.0. The van der Waals surface area contributed by atoms with E-state index in [0.717, 1.165) is 22.6 Å². The summed E-state index contributed by atoms with van der Waals surface area (Å²) in [6.45, 7) is 4.40. The van der Waals surface area contributed by atoms with Gasteiger partial charge in [0.05, 0.1) is 17.2 Å². The van der Waals surface area contributed by atoms with Crippen molar-refractivity contribution < 1.29 is 13.2 Å². The SMILES string of the molecule is CCOc1ccc(-c2nn(-c3ccccc3)cc2C=C(C#N)S(=O)(=O)c2ccc(Cl)cc2)cc1C. The van der Waals surface area contributed by atoms with Crippen LogP contribution in [0.25, 0.3) is 23.0 Å². The van der Waals surface area contributed by atoms with Gasteiger partial charge in [0.1, 0.15) is 22.4 Å². The molecule has 0 unspecified atom stereocenters. The van der Waals surface area contributed by atoms with Gasteiger partial charge in [0.25, 0.3) is 0 Å². The molecule has 0 bridgehead atoms. The molecule has 0 aliphatic heterocycles. The fourth-order valence-corrected chi connectivity index (χ4v) is 4.87. The van der Waals surface area contributed by atoms with Crippen LogP contribution in [-0.2, 0) is 9.84 Å². The third-order valence-electron chi connectivity index (χ3n) is 5.32. The number of nitriles is 1. The number of benzene rings is 3. The molecule has 4 aromatic rings. The molecule has 0 saturated heterocycles. The van der Waals surface area contributed by atoms with Gasteiger partial charge in [0.15, 0.2) is 0 Å². The van der Waals surface area contributed by atoms with E-state index >= 15 is 0 Å². The van der Waals surface area contributed by atoms with Crippen LogP contribution in [0, 0.1) is 18.3 Å². The highest BCUT2D eigenvalue weighted by molar-refractivity contribution is 7.95. The van der Waals surface area contributed by atoms with E-state index in [1.54, 1.807) is 10.9 Å². The first-order valence-electron chi connectivity index (χ1n) is 10.8. The van der Waals surface area contributed by atoms with E-state index in [4.69, 9.17) is 21.4 Å². The number of nitrogens with zero attached hydrogens (tertiary/aromatic N) is 3. The first kappa shape index (κ1) is 24.3. The summed E-state index contributed by atoms with van der Waals surface area (Å²) in [5, 5.41) is 14.9. The average molecular weight is 504 g/mol. The highest BCUT2D eigenvalue weighted by Crippen LogP contribution is 2.31. The van der Waals surface area contributed by atoms with Crippen LogP contribution in [0.4, 0.5) is 0 Å². The number of ether oxygens (including phenoxy) is 1. The molecule has 0 radical (unpaired) electrons. The molecule has 3 aromatic carbocycles. The summed E-state index contributed by atoms with van der Waals surface area (Å²) in [6, 6.07) is 22.7. The van der Waals surface area contributed by atoms with Crippen molar-refractivity contribution in [3.8, 4) is 28.8 Å². The molecule has 176 valence electrons. The van der Waals surface area contributed by atoms with E-state index < -0.39 is 14.7 Å². The van der Waals surface area contributed by atoms with E-state index in [1.165, 1.54) is 30.3 Å². The summed E-state index contributed by atoms with van der Waals surface area (Å²) in [6.07, 6.45) is 3.07. The first-order valence-corrected chi connectivity index (χ1v) is 12.7. The molecule has 0 amide bonds. The second-order valence-electron chi connectivity index (χ2n) is 7.70. The van der Waals surface area contributed by atoms with Crippen molar-refractivity contribution in [2.24, 2.45) is 0 Å². The molecule has 0 aliphatic rings. The molecule has 0 aliphatic carbocycles. The van der Waals surface area contributed by atoms with Crippen molar-refractivity contribution >= 4 is 27.5 Å². The van der Waals surface area contributed by atoms with E-state index in [-0.39, 0.29) is 4.90 Å². The van der Waals surface area contributed by atoms with Crippen LogP contribution in [0.15, 0.2) is 88.8 Å². The molecule has 0 fully saturated rings. The Morgan fingerprint density at radius 2 is 1.83 bits per heavy atom. The van der Waals surface area contributed by atoms with Crippen LogP contribution in [0.5, 0.6) is 5.75 Å². The van der Waals surface area contributed by atoms with Crippen molar-refractivity contribution in [3.63, 3.8) is 0 Å². The lowest BCUT2D eigenvalue weighted by Crippen LogP contribution is -2.03. The van der Waals surface area contributed by atoms with E-state index in [1.807, 2.05) is 68.4 Å². The predicted molar refractivity (Wildman–Crippen MR) is 137 cm³/mol. The Morgan fingerprint density at radius 3 is 2.46 bits per heavy atom. The van der Waals surface area contributed by atoms with Crippen LogP contribution >= 0.6 is 11.6 Å². The Balaban J connectivity index is 1.88. The Labute approximate surface area is 209 Å². The maximum absolute atomic E-state index is 13.2. The number of aryl methyl sites for hydroxylation is 1. The molecule has 8 heteroatoms. The summed E-state index contributed by atoms with van der Waals surface area (Å²) in [5.41, 5.74) is 3.52. The number of sulfone groups is 1. The van der Waals surface area contributed by atoms with Crippen molar-refractivity contribution in [1.82, 2.24) is 9.78 Å². The number of hydrogen-bond donors (Lipinski definition) is 0. The molecule has 0 saturated carbocycles. The molecule has 0 spiro atoms. The zero-order valence-electron chi connectivity index (χ0n) is 19.1. The Hall–Kier alpha value is -3.86. The minimum Gasteiger partial charge on any atom is -0.494 e. The molecule has 0 N–H and O–H groups in total. The van der Waals surface area contributed by atoms with E-state index in [2.05, 4.69) is 0 Å². The summed E-state index contributed by atoms with van der Waals surface area (Å²) in [5.74, 6) is 0.763. The summed E-state index contributed by atoms with van der Waals surface area (Å²) >= 11 is 5.90. The van der Waals surface area contributed by atoms with Crippen molar-refractivity contribution in [3.05, 3.63) is 100 Å². The third kappa shape index (κ3) is 5.14. The Morgan fingerprint density at radius 1 is 1.11 bits per heavy atom. The van der Waals surface area contributed by atoms with Gasteiger partial charge in [-0.15, -0.1) is 0 Å². The number of aromatic nitrogens is 2. The molecule has 35 heavy (non-hydrogen) atoms. The van der Waals surface area contributed by atoms with Gasteiger partial charge >= 0.3 is 0 Å². The lowest BCUT2D eigenvalue weighted by molar-refractivity contribution is 0.338. The van der Waals surface area contributed by atoms with Crippen molar-refractivity contribution in [1.29, 1.82) is 5.26 Å². The minimum atomic E-state index is -4.06. The average Bonchev–Trinajstić information content (AvgIpc) is 3.28. The fraction of sp³-hybridized carbons (Fsp3) is 0.111. The second-order valence-corrected chi connectivity index (χ2v) is 10.1. The van der Waals surface area contributed by atoms with Gasteiger partial charge in [0, 0.05) is 22.3 Å². The normalized spacial score (nSPS) is 11.8. The molecule has 0 atom stereocenters. The van der Waals surface area contributed by atoms with Gasteiger partial charge in [-0.25, -0.2) is 13.1 Å². The number of rotatable bonds is 7. The molecule has 6 nitrogen and oxygen atoms in total. The standard InChI is InChI=1S/C27H22ClN3O3S/c1-3-34-26-14-9-20(15-19(26)2)27-21(18-31(30-27)23-7-5-4-6-8-23)16-25(17-29)35(32,33)24-12-10-22(28)11-13-24/h4-16,18H,3H2,1-2H3. The monoisotopic (exact) mass is 503 g/mol. The predicted octanol–water partition coefficient (Wildman–Crippen LogP) is 6.24. The summed E-state index contributed by atoms with van der Waals surface area (Å²) in [7, 11) is -4.06. The van der Waals surface area contributed by atoms with Gasteiger partial charge in [-0.3, -0.25) is 0 Å². The number of para-hydroxylation sites is 1. The quantitative estimate of drug-likeness (QED) is 0.279. The van der Waals surface area contributed by atoms with Gasteiger partial charge in [-0.1, -0.05) is 29.8 Å². The number of halogens is 1. The van der Waals surface area contributed by atoms with Crippen LogP contribution in [0.2, 0.25) is 5.02 Å². The highest BCUT2D eigenvalue weighted by atomic mass is 35.5. The van der Waals surface area contributed by atoms with Gasteiger partial charge in [-0.2, -0.15) is 10.4 Å². The van der Waals surface area contributed by atoms with Gasteiger partial charge < -0.3 is 4.74 Å². The van der Waals surface area contributed by atoms with Crippen LogP contribution in [0.1, 0.15) is 18.1 Å². The molecular formula is C27H22ClN3O3S. The van der Waals surface area contributed by atoms with Gasteiger partial charge in [0.2, 0.25) is 9.84 Å². The summed E-state index contributed by atoms with van der Waals surface area (Å²) < 4.78 is 33.7. The third-order valence-corrected chi connectivity index (χ3v) is 7.25. The smallest absolute Gasteiger partial charge is 0.216 e. The first-order chi connectivity index (χ1) is 16.8. The lowest BCUT2D eigenvalue weighted by Gasteiger charge is -2.09. The second kappa shape index (κ2) is 10.2. The van der Waals surface area contributed by atoms with Crippen molar-refractivity contribution in [2.75, 3.05) is 6.61 Å². The maximum Gasteiger partial charge on any atom is 0.216 e. The fourth-order valence-electron chi connectivity index (χ4n) is 3.60. The van der Waals surface area contributed by atoms with E-state index in [9.17, 15) is 13.7 Å². The Bertz CT molecular complexity index is 1540. The maximum atomic E-state index is 13.2. The van der Waals surface area contributed by atoms with E-state index in [0.29, 0.717) is 22.9 Å². The number of allylic oxidation sites excluding steroid dienone is 1. The van der Waals surface area contributed by atoms with Crippen LogP contribution in [-0.4, -0.2) is 24.8 Å². The number of hydrogen-bond acceptors (Lipinski definition) is 5.